The molecule has 1 fully saturated rings. The molecule has 3 heteroatoms. The number of esters is 1. The highest BCUT2D eigenvalue weighted by molar-refractivity contribution is 6.04. The molecule has 0 aromatic heterocycles. The van der Waals surface area contributed by atoms with Gasteiger partial charge in [0.05, 0.1) is 6.61 Å². The van der Waals surface area contributed by atoms with E-state index in [9.17, 15) is 9.59 Å². The quantitative estimate of drug-likeness (QED) is 0.419. The molecule has 0 radical (unpaired) electrons. The molecule has 1 unspecified atom stereocenters. The molecule has 0 N–H and O–H groups in total. The molecule has 0 heterocycles. The summed E-state index contributed by atoms with van der Waals surface area (Å²) in [4.78, 5) is 24.0. The number of ketones is 1. The number of rotatable bonds is 4. The zero-order valence-electron chi connectivity index (χ0n) is 10.1. The molecule has 16 heavy (non-hydrogen) atoms. The Bertz CT molecular complexity index is 294. The minimum absolute atomic E-state index is 0.0512. The Hall–Kier alpha value is -1.12. The third kappa shape index (κ3) is 2.52. The van der Waals surface area contributed by atoms with E-state index in [4.69, 9.17) is 4.74 Å². The van der Waals surface area contributed by atoms with Gasteiger partial charge in [-0.25, -0.2) is 0 Å². The number of hydrogen-bond acceptors (Lipinski definition) is 3. The average Bonchev–Trinajstić information content (AvgIpc) is 2.28. The molecule has 0 amide bonds. The largest absolute Gasteiger partial charge is 0.465 e. The molecule has 0 bridgehead atoms. The SMILES string of the molecule is CC=CCC1(C(=O)OCC)CCCCC1=O. The van der Waals surface area contributed by atoms with E-state index >= 15 is 0 Å². The maximum Gasteiger partial charge on any atom is 0.319 e. The van der Waals surface area contributed by atoms with Gasteiger partial charge in [-0.2, -0.15) is 0 Å². The lowest BCUT2D eigenvalue weighted by Gasteiger charge is -2.32. The fourth-order valence-electron chi connectivity index (χ4n) is 2.19. The fourth-order valence-corrected chi connectivity index (χ4v) is 2.19. The van der Waals surface area contributed by atoms with E-state index in [1.165, 1.54) is 0 Å². The summed E-state index contributed by atoms with van der Waals surface area (Å²) in [6.45, 7) is 4.00. The van der Waals surface area contributed by atoms with Crippen molar-refractivity contribution in [2.45, 2.75) is 46.0 Å². The Morgan fingerprint density at radius 2 is 2.25 bits per heavy atom. The first-order valence-corrected chi connectivity index (χ1v) is 5.99. The van der Waals surface area contributed by atoms with E-state index in [0.29, 0.717) is 25.9 Å². The normalized spacial score (nSPS) is 26.0. The molecule has 0 spiro atoms. The summed E-state index contributed by atoms with van der Waals surface area (Å²) in [6, 6.07) is 0. The van der Waals surface area contributed by atoms with Crippen molar-refractivity contribution in [2.75, 3.05) is 6.61 Å². The molecule has 1 atom stereocenters. The first kappa shape index (κ1) is 12.9. The van der Waals surface area contributed by atoms with Gasteiger partial charge in [0.2, 0.25) is 0 Å². The molecule has 0 saturated heterocycles. The number of carbonyl (C=O) groups excluding carboxylic acids is 2. The predicted molar refractivity (Wildman–Crippen MR) is 62.0 cm³/mol. The third-order valence-electron chi connectivity index (χ3n) is 3.16. The summed E-state index contributed by atoms with van der Waals surface area (Å²) >= 11 is 0. The second-order valence-electron chi connectivity index (χ2n) is 4.21. The molecule has 0 aromatic rings. The zero-order chi connectivity index (χ0) is 12.0. The minimum atomic E-state index is -0.888. The number of carbonyl (C=O) groups is 2. The number of ether oxygens (including phenoxy) is 1. The average molecular weight is 224 g/mol. The highest BCUT2D eigenvalue weighted by Gasteiger charge is 2.46. The van der Waals surface area contributed by atoms with E-state index in [1.54, 1.807) is 6.92 Å². The molecule has 0 aliphatic heterocycles. The van der Waals surface area contributed by atoms with Crippen molar-refractivity contribution in [3.05, 3.63) is 12.2 Å². The van der Waals surface area contributed by atoms with Crippen LogP contribution in [0.2, 0.25) is 0 Å². The van der Waals surface area contributed by atoms with Gasteiger partial charge >= 0.3 is 5.97 Å². The van der Waals surface area contributed by atoms with Crippen molar-refractivity contribution < 1.29 is 14.3 Å². The van der Waals surface area contributed by atoms with Crippen molar-refractivity contribution in [1.82, 2.24) is 0 Å². The Labute approximate surface area is 96.9 Å². The van der Waals surface area contributed by atoms with Crippen LogP contribution in [0.15, 0.2) is 12.2 Å². The smallest absolute Gasteiger partial charge is 0.319 e. The van der Waals surface area contributed by atoms with Crippen LogP contribution in [0.1, 0.15) is 46.0 Å². The van der Waals surface area contributed by atoms with Crippen molar-refractivity contribution in [1.29, 1.82) is 0 Å². The standard InChI is InChI=1S/C13H20O3/c1-3-5-9-13(12(15)16-4-2)10-7-6-8-11(13)14/h3,5H,4,6-10H2,1-2H3. The highest BCUT2D eigenvalue weighted by Crippen LogP contribution is 2.38. The Kier molecular flexibility index (Phi) is 4.71. The Morgan fingerprint density at radius 1 is 1.50 bits per heavy atom. The molecule has 1 aliphatic rings. The zero-order valence-corrected chi connectivity index (χ0v) is 10.1. The lowest BCUT2D eigenvalue weighted by molar-refractivity contribution is -0.162. The van der Waals surface area contributed by atoms with Gasteiger partial charge in [0.1, 0.15) is 11.2 Å². The predicted octanol–water partition coefficient (Wildman–Crippen LogP) is 2.65. The van der Waals surface area contributed by atoms with E-state index in [1.807, 2.05) is 19.1 Å². The third-order valence-corrected chi connectivity index (χ3v) is 3.16. The molecule has 0 aromatic carbocycles. The minimum Gasteiger partial charge on any atom is -0.465 e. The van der Waals surface area contributed by atoms with Crippen LogP contribution in [0.4, 0.5) is 0 Å². The van der Waals surface area contributed by atoms with Crippen molar-refractivity contribution in [3.8, 4) is 0 Å². The van der Waals surface area contributed by atoms with E-state index in [2.05, 4.69) is 0 Å². The van der Waals surface area contributed by atoms with Crippen LogP contribution in [0, 0.1) is 5.41 Å². The monoisotopic (exact) mass is 224 g/mol. The second kappa shape index (κ2) is 5.83. The van der Waals surface area contributed by atoms with Gasteiger partial charge in [-0.1, -0.05) is 18.6 Å². The van der Waals surface area contributed by atoms with E-state index < -0.39 is 5.41 Å². The molecule has 1 saturated carbocycles. The van der Waals surface area contributed by atoms with Crippen LogP contribution in [0.5, 0.6) is 0 Å². The van der Waals surface area contributed by atoms with Crippen molar-refractivity contribution in [2.24, 2.45) is 5.41 Å². The van der Waals surface area contributed by atoms with Gasteiger partial charge in [-0.05, 0) is 33.1 Å². The van der Waals surface area contributed by atoms with Crippen LogP contribution < -0.4 is 0 Å². The molecule has 1 aliphatic carbocycles. The van der Waals surface area contributed by atoms with Crippen molar-refractivity contribution >= 4 is 11.8 Å². The van der Waals surface area contributed by atoms with Gasteiger partial charge in [0.15, 0.2) is 0 Å². The molecule has 3 nitrogen and oxygen atoms in total. The maximum absolute atomic E-state index is 12.0. The summed E-state index contributed by atoms with van der Waals surface area (Å²) in [5.41, 5.74) is -0.888. The topological polar surface area (TPSA) is 43.4 Å². The first-order chi connectivity index (χ1) is 7.67. The summed E-state index contributed by atoms with van der Waals surface area (Å²) in [5, 5.41) is 0. The maximum atomic E-state index is 12.0. The van der Waals surface area contributed by atoms with Crippen LogP contribution in [-0.2, 0) is 14.3 Å². The van der Waals surface area contributed by atoms with Gasteiger partial charge in [-0.3, -0.25) is 9.59 Å². The fraction of sp³-hybridized carbons (Fsp3) is 0.692. The second-order valence-corrected chi connectivity index (χ2v) is 4.21. The first-order valence-electron chi connectivity index (χ1n) is 5.99. The summed E-state index contributed by atoms with van der Waals surface area (Å²) in [6.07, 6.45) is 7.23. The number of Topliss-reactive ketones (excluding diaryl/α,β-unsaturated/α-hetero) is 1. The highest BCUT2D eigenvalue weighted by atomic mass is 16.5. The van der Waals surface area contributed by atoms with E-state index in [0.717, 1.165) is 12.8 Å². The van der Waals surface area contributed by atoms with Crippen LogP contribution in [-0.4, -0.2) is 18.4 Å². The van der Waals surface area contributed by atoms with Crippen molar-refractivity contribution in [3.63, 3.8) is 0 Å². The lowest BCUT2D eigenvalue weighted by Crippen LogP contribution is -2.42. The number of allylic oxidation sites excluding steroid dienone is 2. The summed E-state index contributed by atoms with van der Waals surface area (Å²) in [7, 11) is 0. The molecule has 1 rings (SSSR count). The lowest BCUT2D eigenvalue weighted by atomic mass is 9.70. The Balaban J connectivity index is 2.89. The van der Waals surface area contributed by atoms with Crippen LogP contribution >= 0.6 is 0 Å². The van der Waals surface area contributed by atoms with Crippen LogP contribution in [0.25, 0.3) is 0 Å². The molecule has 90 valence electrons. The summed E-state index contributed by atoms with van der Waals surface area (Å²) < 4.78 is 5.06. The molecular weight excluding hydrogens is 204 g/mol. The number of hydrogen-bond donors (Lipinski definition) is 0. The van der Waals surface area contributed by atoms with Gasteiger partial charge in [0, 0.05) is 6.42 Å². The van der Waals surface area contributed by atoms with Gasteiger partial charge in [-0.15, -0.1) is 0 Å². The molecular formula is C13H20O3. The van der Waals surface area contributed by atoms with E-state index in [-0.39, 0.29) is 11.8 Å². The van der Waals surface area contributed by atoms with Gasteiger partial charge < -0.3 is 4.74 Å². The van der Waals surface area contributed by atoms with Crippen LogP contribution in [0.3, 0.4) is 0 Å². The Morgan fingerprint density at radius 3 is 2.81 bits per heavy atom. The van der Waals surface area contributed by atoms with Gasteiger partial charge in [0.25, 0.3) is 0 Å². The summed E-state index contributed by atoms with van der Waals surface area (Å²) in [5.74, 6) is -0.284.